The number of rotatable bonds is 29. The van der Waals surface area contributed by atoms with E-state index in [0.717, 1.165) is 236 Å². The predicted octanol–water partition coefficient (Wildman–Crippen LogP) is 26.5. The molecule has 10 aromatic heterocycles. The van der Waals surface area contributed by atoms with Crippen molar-refractivity contribution in [1.82, 2.24) is 70.2 Å². The Balaban J connectivity index is 0.000000118. The number of nitrogens with zero attached hydrogens (tertiary/aromatic N) is 11. The van der Waals surface area contributed by atoms with Gasteiger partial charge in [-0.2, -0.15) is 0 Å². The SMILES string of the molecule is CC/C=C(\CCC)c1cc(-c2c(C)noc2C)cc2[nH]c(C3CC3)nc12.CCC(O)(CC)c1cc(-c2c(C)noc2C)cc2c1nc(C1CC1)n2C.CCC(O)c1cc(-c2c(C)noc2C)cc2[nH]c(C3CC3)[n+](C)c12.CCCC(CCC)c1cc(-c2c(C)noc2C)cc2[nH]c(C3CC3)nc12.CCCC(O)(CCC)c1cc(-c2c(C)noc2C)cc2[nH]c(C3CC3)nc12. The lowest BCUT2D eigenvalue weighted by Gasteiger charge is -2.29. The smallest absolute Gasteiger partial charge is 0.258 e. The minimum Gasteiger partial charge on any atom is -0.388 e. The highest BCUT2D eigenvalue weighted by molar-refractivity contribution is 5.95. The molecule has 682 valence electrons. The van der Waals surface area contributed by atoms with Crippen LogP contribution in [-0.2, 0) is 25.3 Å². The van der Waals surface area contributed by atoms with Gasteiger partial charge in [0.25, 0.3) is 5.82 Å². The lowest BCUT2D eigenvalue weighted by atomic mass is 9.83. The molecule has 5 aliphatic carbocycles. The number of aliphatic hydroxyl groups is 3. The van der Waals surface area contributed by atoms with E-state index in [1.54, 1.807) is 0 Å². The predicted molar refractivity (Wildman–Crippen MR) is 512 cm³/mol. The average molecular weight is 1750 g/mol. The van der Waals surface area contributed by atoms with E-state index in [9.17, 15) is 15.3 Å². The Kier molecular flexibility index (Phi) is 26.9. The van der Waals surface area contributed by atoms with E-state index in [-0.39, 0.29) is 0 Å². The average Bonchev–Trinajstić information content (AvgIpc) is 1.56. The molecule has 20 rings (SSSR count). The standard InChI is InChI=1S/C22H29N3O2.C22H29N3O.C22H27N3O.C21H27N3O2.C19H23N3O2/c1-5-9-22(26,10-6-2)17-11-16(19-13(3)25-27-14(19)4)12-18-20(17)24-21(23-18)15-7-8-15;2*1-5-7-15(8-6-2)18-11-17(20-13(3)25-26-14(20)4)12-19-21(18)24-22(23-19)16-9-10-16;1-6-21(25,7-2)16-10-15(18-12(3)23-26-13(18)4)11-17-19(16)22-20(24(17)5)14-8-9-14;1-5-16(23)14-8-13(17-10(2)21-24-11(17)3)9-15-18(14)22(4)19(20-15)12-6-7-12/h11-12,15,26H,5-10H2,1-4H3,(H,23,24);11-12,15-16H,5-10H2,1-4H3,(H,23,24);7,11-12,16H,5-6,8-10H2,1-4H3,(H,23,24);10-11,14,25H,6-9H2,1-5H3;8-9,12,16,23H,5-7H2,1-4H3/p+1/b;;15-7+;;. The second-order valence-corrected chi connectivity index (χ2v) is 37.8. The third kappa shape index (κ3) is 18.6. The van der Waals surface area contributed by atoms with Gasteiger partial charge in [-0.3, -0.25) is 0 Å². The number of aliphatic hydroxyl groups excluding tert-OH is 1. The summed E-state index contributed by atoms with van der Waals surface area (Å²) < 4.78 is 31.4. The van der Waals surface area contributed by atoms with Crippen molar-refractivity contribution >= 4 is 60.7 Å². The number of imidazole rings is 5. The maximum Gasteiger partial charge on any atom is 0.258 e. The van der Waals surface area contributed by atoms with Gasteiger partial charge in [0.1, 0.15) is 52.1 Å². The molecule has 0 saturated heterocycles. The minimum atomic E-state index is -0.886. The summed E-state index contributed by atoms with van der Waals surface area (Å²) >= 11 is 0. The Morgan fingerprint density at radius 2 is 0.837 bits per heavy atom. The largest absolute Gasteiger partial charge is 0.388 e. The molecule has 0 spiro atoms. The molecule has 23 heteroatoms. The van der Waals surface area contributed by atoms with Crippen LogP contribution in [-0.4, -0.2) is 85.5 Å². The first kappa shape index (κ1) is 91.4. The molecular weight excluding hydrogens is 1610 g/mol. The van der Waals surface area contributed by atoms with Crippen LogP contribution in [0.1, 0.15) is 372 Å². The zero-order chi connectivity index (χ0) is 91.3. The van der Waals surface area contributed by atoms with E-state index in [1.807, 2.05) is 90.0 Å². The summed E-state index contributed by atoms with van der Waals surface area (Å²) in [6.45, 7) is 39.0. The highest BCUT2D eigenvalue weighted by atomic mass is 16.5. The van der Waals surface area contributed by atoms with Crippen molar-refractivity contribution in [1.29, 1.82) is 0 Å². The third-order valence-corrected chi connectivity index (χ3v) is 27.6. The number of aromatic nitrogens is 15. The zero-order valence-electron chi connectivity index (χ0n) is 80.2. The molecule has 5 aromatic carbocycles. The van der Waals surface area contributed by atoms with Gasteiger partial charge < -0.3 is 57.5 Å². The Bertz CT molecular complexity index is 6460. The fourth-order valence-corrected chi connectivity index (χ4v) is 20.1. The first-order valence-electron chi connectivity index (χ1n) is 48.3. The number of fused-ring (bicyclic) bond motifs is 5. The van der Waals surface area contributed by atoms with Crippen molar-refractivity contribution < 1.29 is 42.5 Å². The molecule has 0 bridgehead atoms. The van der Waals surface area contributed by atoms with Gasteiger partial charge in [-0.1, -0.05) is 126 Å². The van der Waals surface area contributed by atoms with Gasteiger partial charge in [0, 0.05) is 80.8 Å². The lowest BCUT2D eigenvalue weighted by Crippen LogP contribution is -2.32. The molecule has 15 aromatic rings. The highest BCUT2D eigenvalue weighted by Crippen LogP contribution is 2.50. The minimum absolute atomic E-state index is 0.484. The maximum absolute atomic E-state index is 11.6. The van der Waals surface area contributed by atoms with Crippen molar-refractivity contribution in [2.24, 2.45) is 14.1 Å². The van der Waals surface area contributed by atoms with E-state index in [2.05, 4.69) is 177 Å². The third-order valence-electron chi connectivity index (χ3n) is 27.6. The molecule has 10 heterocycles. The Morgan fingerprint density at radius 3 is 1.24 bits per heavy atom. The molecular formula is C106H136N15O8+. The molecule has 1 atom stereocenters. The van der Waals surface area contributed by atoms with E-state index in [0.29, 0.717) is 54.8 Å². The molecule has 0 amide bonds. The fraction of sp³-hybridized carbons (Fsp3) is 0.509. The van der Waals surface area contributed by atoms with Crippen molar-refractivity contribution in [2.75, 3.05) is 0 Å². The topological polar surface area (TPSA) is 314 Å². The normalized spacial score (nSPS) is 15.2. The molecule has 5 saturated carbocycles. The van der Waals surface area contributed by atoms with E-state index >= 15 is 0 Å². The van der Waals surface area contributed by atoms with Crippen molar-refractivity contribution in [3.05, 3.63) is 181 Å². The Labute approximate surface area is 758 Å². The summed E-state index contributed by atoms with van der Waals surface area (Å²) in [5, 5.41) is 54.2. The number of H-pyrrole nitrogens is 4. The van der Waals surface area contributed by atoms with Gasteiger partial charge in [0.15, 0.2) is 11.0 Å². The Hall–Kier alpha value is -10.9. The van der Waals surface area contributed by atoms with Crippen molar-refractivity contribution in [2.45, 2.75) is 338 Å². The van der Waals surface area contributed by atoms with Gasteiger partial charge >= 0.3 is 0 Å². The van der Waals surface area contributed by atoms with Gasteiger partial charge in [-0.25, -0.2) is 29.5 Å². The van der Waals surface area contributed by atoms with Crippen LogP contribution in [0.4, 0.5) is 0 Å². The summed E-state index contributed by atoms with van der Waals surface area (Å²) in [5.41, 5.74) is 31.0. The number of aryl methyl sites for hydroxylation is 12. The molecule has 5 fully saturated rings. The van der Waals surface area contributed by atoms with Crippen molar-refractivity contribution in [3.63, 3.8) is 0 Å². The number of allylic oxidation sites excluding steroid dienone is 2. The number of benzene rings is 5. The number of nitrogens with one attached hydrogen (secondary N) is 4. The first-order chi connectivity index (χ1) is 62.1. The van der Waals surface area contributed by atoms with Gasteiger partial charge in [0.05, 0.1) is 103 Å². The lowest BCUT2D eigenvalue weighted by molar-refractivity contribution is -0.653. The Morgan fingerprint density at radius 1 is 0.442 bits per heavy atom. The monoisotopic (exact) mass is 1750 g/mol. The quantitative estimate of drug-likeness (QED) is 0.0214. The van der Waals surface area contributed by atoms with Crippen LogP contribution in [0.5, 0.6) is 0 Å². The number of hydrogen-bond acceptors (Lipinski definition) is 17. The number of aromatic amines is 4. The van der Waals surface area contributed by atoms with Crippen LogP contribution in [0, 0.1) is 69.2 Å². The van der Waals surface area contributed by atoms with Crippen LogP contribution < -0.4 is 4.57 Å². The molecule has 23 nitrogen and oxygen atoms in total. The molecule has 0 radical (unpaired) electrons. The fourth-order valence-electron chi connectivity index (χ4n) is 20.1. The van der Waals surface area contributed by atoms with E-state index in [4.69, 9.17) is 42.6 Å². The summed E-state index contributed by atoms with van der Waals surface area (Å²) in [4.78, 5) is 34.2. The first-order valence-corrected chi connectivity index (χ1v) is 48.3. The van der Waals surface area contributed by atoms with Crippen LogP contribution in [0.15, 0.2) is 89.4 Å². The van der Waals surface area contributed by atoms with Crippen LogP contribution >= 0.6 is 0 Å². The summed E-state index contributed by atoms with van der Waals surface area (Å²) in [6.07, 6.45) is 27.5. The van der Waals surface area contributed by atoms with Crippen LogP contribution in [0.2, 0.25) is 0 Å². The van der Waals surface area contributed by atoms with Gasteiger partial charge in [-0.05, 0) is 297 Å². The van der Waals surface area contributed by atoms with Gasteiger partial charge in [0.2, 0.25) is 0 Å². The molecule has 1 unspecified atom stereocenters. The van der Waals surface area contributed by atoms with Gasteiger partial charge in [-0.15, -0.1) is 0 Å². The molecule has 7 N–H and O–H groups in total. The molecule has 5 aliphatic rings. The summed E-state index contributed by atoms with van der Waals surface area (Å²) in [7, 11) is 4.18. The summed E-state index contributed by atoms with van der Waals surface area (Å²) in [5.74, 6) is 13.4. The zero-order valence-corrected chi connectivity index (χ0v) is 80.2. The highest BCUT2D eigenvalue weighted by Gasteiger charge is 2.40. The summed E-state index contributed by atoms with van der Waals surface area (Å²) in [6, 6.07) is 21.8. The van der Waals surface area contributed by atoms with Crippen LogP contribution in [0.25, 0.3) is 116 Å². The second-order valence-electron chi connectivity index (χ2n) is 37.8. The molecule has 0 aliphatic heterocycles. The molecule has 129 heavy (non-hydrogen) atoms. The number of hydrogen-bond donors (Lipinski definition) is 7. The van der Waals surface area contributed by atoms with Crippen molar-refractivity contribution in [3.8, 4) is 55.6 Å². The van der Waals surface area contributed by atoms with E-state index in [1.165, 1.54) is 129 Å². The van der Waals surface area contributed by atoms with E-state index < -0.39 is 17.3 Å². The second kappa shape index (κ2) is 37.9. The van der Waals surface area contributed by atoms with Crippen LogP contribution in [0.3, 0.4) is 0 Å². The maximum atomic E-state index is 11.6.